The smallest absolute Gasteiger partial charge is 0.405 e. The van der Waals surface area contributed by atoms with Gasteiger partial charge in [0.25, 0.3) is 11.8 Å². The minimum Gasteiger partial charge on any atom is -0.493 e. The number of carbonyl (C=O) groups is 3. The van der Waals surface area contributed by atoms with Crippen LogP contribution in [0, 0.1) is 5.92 Å². The molecule has 0 aliphatic carbocycles. The average Bonchev–Trinajstić information content (AvgIpc) is 2.96. The summed E-state index contributed by atoms with van der Waals surface area (Å²) in [6.07, 6.45) is -0.216. The van der Waals surface area contributed by atoms with Gasteiger partial charge >= 0.3 is 6.09 Å². The lowest BCUT2D eigenvalue weighted by Gasteiger charge is -2.23. The summed E-state index contributed by atoms with van der Waals surface area (Å²) in [5.41, 5.74) is 1.31. The van der Waals surface area contributed by atoms with E-state index in [1.165, 1.54) is 0 Å². The van der Waals surface area contributed by atoms with Crippen molar-refractivity contribution < 1.29 is 24.2 Å². The van der Waals surface area contributed by atoms with Gasteiger partial charge in [-0.05, 0) is 35.7 Å². The lowest BCUT2D eigenvalue weighted by molar-refractivity contribution is 0.0636. The second kappa shape index (κ2) is 8.77. The number of imide groups is 1. The van der Waals surface area contributed by atoms with E-state index in [0.29, 0.717) is 35.0 Å². The Morgan fingerprint density at radius 1 is 1.07 bits per heavy atom. The first-order valence-electron chi connectivity index (χ1n) is 9.58. The van der Waals surface area contributed by atoms with Crippen LogP contribution in [-0.4, -0.2) is 41.1 Å². The number of ether oxygens (including phenoxy) is 1. The maximum Gasteiger partial charge on any atom is 0.405 e. The van der Waals surface area contributed by atoms with Crippen molar-refractivity contribution in [3.63, 3.8) is 0 Å². The summed E-state index contributed by atoms with van der Waals surface area (Å²) in [4.78, 5) is 37.6. The molecule has 1 aliphatic rings. The Hall–Kier alpha value is -3.35. The fourth-order valence-corrected chi connectivity index (χ4v) is 3.12. The zero-order chi connectivity index (χ0) is 21.0. The van der Waals surface area contributed by atoms with Gasteiger partial charge < -0.3 is 15.2 Å². The molecule has 7 heteroatoms. The molecule has 0 saturated carbocycles. The SMILES string of the molecule is CC[C@H](C)COc1ccc([C@H](CN2C(=O)c3ccccc3C2=O)NC(=O)O)cc1. The molecule has 0 bridgehead atoms. The quantitative estimate of drug-likeness (QED) is 0.663. The summed E-state index contributed by atoms with van der Waals surface area (Å²) in [6.45, 7) is 4.70. The summed E-state index contributed by atoms with van der Waals surface area (Å²) < 4.78 is 5.73. The first-order valence-corrected chi connectivity index (χ1v) is 9.58. The highest BCUT2D eigenvalue weighted by Crippen LogP contribution is 2.26. The van der Waals surface area contributed by atoms with Crippen LogP contribution in [0.5, 0.6) is 5.75 Å². The maximum absolute atomic E-state index is 12.6. The van der Waals surface area contributed by atoms with Crippen LogP contribution in [0.3, 0.4) is 0 Å². The Kier molecular flexibility index (Phi) is 6.16. The molecule has 2 N–H and O–H groups in total. The molecule has 3 amide bonds. The molecule has 1 heterocycles. The minimum absolute atomic E-state index is 0.0915. The third-order valence-electron chi connectivity index (χ3n) is 5.05. The van der Waals surface area contributed by atoms with Crippen LogP contribution in [0.25, 0.3) is 0 Å². The molecule has 0 aromatic heterocycles. The van der Waals surface area contributed by atoms with Gasteiger partial charge in [-0.15, -0.1) is 0 Å². The Balaban J connectivity index is 1.76. The van der Waals surface area contributed by atoms with Gasteiger partial charge in [0.15, 0.2) is 0 Å². The number of carboxylic acid groups (broad SMARTS) is 1. The lowest BCUT2D eigenvalue weighted by atomic mass is 10.1. The summed E-state index contributed by atoms with van der Waals surface area (Å²) in [5.74, 6) is 0.279. The van der Waals surface area contributed by atoms with Gasteiger partial charge in [0.1, 0.15) is 5.75 Å². The molecule has 152 valence electrons. The van der Waals surface area contributed by atoms with Crippen LogP contribution in [0.2, 0.25) is 0 Å². The van der Waals surface area contributed by atoms with Crippen LogP contribution >= 0.6 is 0 Å². The first kappa shape index (κ1) is 20.4. The minimum atomic E-state index is -1.23. The summed E-state index contributed by atoms with van der Waals surface area (Å²) >= 11 is 0. The number of hydrogen-bond acceptors (Lipinski definition) is 4. The number of nitrogens with one attached hydrogen (secondary N) is 1. The van der Waals surface area contributed by atoms with E-state index in [0.717, 1.165) is 11.3 Å². The molecule has 2 atom stereocenters. The Bertz CT molecular complexity index is 875. The van der Waals surface area contributed by atoms with Gasteiger partial charge in [-0.2, -0.15) is 0 Å². The second-order valence-electron chi connectivity index (χ2n) is 7.16. The molecular formula is C22H24N2O5. The Morgan fingerprint density at radius 2 is 1.66 bits per heavy atom. The predicted molar refractivity (Wildman–Crippen MR) is 107 cm³/mol. The highest BCUT2D eigenvalue weighted by atomic mass is 16.5. The monoisotopic (exact) mass is 396 g/mol. The molecule has 2 aromatic carbocycles. The molecule has 29 heavy (non-hydrogen) atoms. The number of amides is 3. The van der Waals surface area contributed by atoms with Crippen LogP contribution in [0.15, 0.2) is 48.5 Å². The number of hydrogen-bond donors (Lipinski definition) is 2. The molecular weight excluding hydrogens is 372 g/mol. The van der Waals surface area contributed by atoms with Gasteiger partial charge in [0.05, 0.1) is 30.3 Å². The number of rotatable bonds is 8. The van der Waals surface area contributed by atoms with Crippen molar-refractivity contribution >= 4 is 17.9 Å². The van der Waals surface area contributed by atoms with E-state index in [4.69, 9.17) is 4.74 Å². The summed E-state index contributed by atoms with van der Waals surface area (Å²) in [7, 11) is 0. The van der Waals surface area contributed by atoms with Crippen molar-refractivity contribution in [3.8, 4) is 5.75 Å². The van der Waals surface area contributed by atoms with Gasteiger partial charge in [0.2, 0.25) is 0 Å². The molecule has 0 saturated heterocycles. The zero-order valence-electron chi connectivity index (χ0n) is 16.4. The van der Waals surface area contributed by atoms with Gasteiger partial charge in [-0.3, -0.25) is 14.5 Å². The van der Waals surface area contributed by atoms with Gasteiger partial charge in [0, 0.05) is 0 Å². The number of fused-ring (bicyclic) bond motifs is 1. The lowest BCUT2D eigenvalue weighted by Crippen LogP contribution is -2.40. The van der Waals surface area contributed by atoms with Crippen molar-refractivity contribution in [1.29, 1.82) is 0 Å². The van der Waals surface area contributed by atoms with Crippen LogP contribution in [0.4, 0.5) is 4.79 Å². The first-order chi connectivity index (χ1) is 13.9. The molecule has 7 nitrogen and oxygen atoms in total. The maximum atomic E-state index is 12.6. The fourth-order valence-electron chi connectivity index (χ4n) is 3.12. The van der Waals surface area contributed by atoms with Crippen molar-refractivity contribution in [2.75, 3.05) is 13.2 Å². The molecule has 3 rings (SSSR count). The van der Waals surface area contributed by atoms with Crippen molar-refractivity contribution in [1.82, 2.24) is 10.2 Å². The average molecular weight is 396 g/mol. The third kappa shape index (κ3) is 4.56. The second-order valence-corrected chi connectivity index (χ2v) is 7.16. The van der Waals surface area contributed by atoms with Crippen molar-refractivity contribution in [2.24, 2.45) is 5.92 Å². The van der Waals surface area contributed by atoms with Crippen LogP contribution in [0.1, 0.15) is 52.6 Å². The van der Waals surface area contributed by atoms with Crippen LogP contribution in [-0.2, 0) is 0 Å². The summed E-state index contributed by atoms with van der Waals surface area (Å²) in [6, 6.07) is 12.8. The fraction of sp³-hybridized carbons (Fsp3) is 0.318. The highest BCUT2D eigenvalue weighted by Gasteiger charge is 2.36. The van der Waals surface area contributed by atoms with E-state index in [-0.39, 0.29) is 6.54 Å². The Morgan fingerprint density at radius 3 is 2.17 bits per heavy atom. The molecule has 0 fully saturated rings. The molecule has 0 unspecified atom stereocenters. The summed E-state index contributed by atoms with van der Waals surface area (Å²) in [5, 5.41) is 11.6. The predicted octanol–water partition coefficient (Wildman–Crippen LogP) is 3.72. The Labute approximate surface area is 169 Å². The van der Waals surface area contributed by atoms with Crippen molar-refractivity contribution in [2.45, 2.75) is 26.3 Å². The third-order valence-corrected chi connectivity index (χ3v) is 5.05. The topological polar surface area (TPSA) is 95.9 Å². The van der Waals surface area contributed by atoms with E-state index in [2.05, 4.69) is 19.2 Å². The van der Waals surface area contributed by atoms with E-state index >= 15 is 0 Å². The van der Waals surface area contributed by atoms with E-state index < -0.39 is 23.9 Å². The largest absolute Gasteiger partial charge is 0.493 e. The van der Waals surface area contributed by atoms with Crippen LogP contribution < -0.4 is 10.1 Å². The molecule has 0 spiro atoms. The van der Waals surface area contributed by atoms with Gasteiger partial charge in [-0.25, -0.2) is 4.79 Å². The van der Waals surface area contributed by atoms with E-state index in [1.807, 2.05) is 0 Å². The number of nitrogens with zero attached hydrogens (tertiary/aromatic N) is 1. The van der Waals surface area contributed by atoms with Crippen molar-refractivity contribution in [3.05, 3.63) is 65.2 Å². The molecule has 2 aromatic rings. The molecule has 1 aliphatic heterocycles. The normalized spacial score (nSPS) is 15.0. The standard InChI is InChI=1S/C22H24N2O5/c1-3-14(2)13-29-16-10-8-15(9-11-16)19(23-22(27)28)12-24-20(25)17-6-4-5-7-18(17)21(24)26/h4-11,14,19,23H,3,12-13H2,1-2H3,(H,27,28)/t14-,19-/m0/s1. The highest BCUT2D eigenvalue weighted by molar-refractivity contribution is 6.21. The molecule has 0 radical (unpaired) electrons. The van der Waals surface area contributed by atoms with E-state index in [1.54, 1.807) is 48.5 Å². The number of benzene rings is 2. The zero-order valence-corrected chi connectivity index (χ0v) is 16.4. The number of carbonyl (C=O) groups excluding carboxylic acids is 2. The van der Waals surface area contributed by atoms with E-state index in [9.17, 15) is 19.5 Å². The van der Waals surface area contributed by atoms with Gasteiger partial charge in [-0.1, -0.05) is 44.5 Å².